The van der Waals surface area contributed by atoms with Crippen LogP contribution in [0.25, 0.3) is 0 Å². The molecule has 59 heavy (non-hydrogen) atoms. The molecule has 0 spiro atoms. The van der Waals surface area contributed by atoms with Crippen LogP contribution in [-0.2, 0) is 63.7 Å². The SMILES string of the molecule is COC(=O)C1(c2ccccc2)CCN(C(=O)OC(C)(C)C)CC1.COC(=O)C1(c2ccccc2)CCn2c(nnc2[C@@H](COCc2ccccc2)CC(=O)C(C)(C)N)C1. The molecule has 3 heterocycles. The van der Waals surface area contributed by atoms with Crippen molar-refractivity contribution in [2.45, 2.75) is 108 Å². The van der Waals surface area contributed by atoms with Crippen molar-refractivity contribution in [2.75, 3.05) is 33.9 Å². The fraction of sp³-hybridized carbons (Fsp3) is 0.478. The second kappa shape index (κ2) is 19.1. The highest BCUT2D eigenvalue weighted by Crippen LogP contribution is 2.39. The van der Waals surface area contributed by atoms with Crippen LogP contribution in [0.1, 0.15) is 94.6 Å². The second-order valence-electron chi connectivity index (χ2n) is 16.9. The second-order valence-corrected chi connectivity index (χ2v) is 16.9. The average molecular weight is 810 g/mol. The first-order valence-electron chi connectivity index (χ1n) is 20.1. The van der Waals surface area contributed by atoms with Crippen LogP contribution in [0.5, 0.6) is 0 Å². The summed E-state index contributed by atoms with van der Waals surface area (Å²) in [6, 6.07) is 29.2. The molecule has 2 N–H and O–H groups in total. The lowest BCUT2D eigenvalue weighted by atomic mass is 9.73. The van der Waals surface area contributed by atoms with Gasteiger partial charge >= 0.3 is 18.0 Å². The summed E-state index contributed by atoms with van der Waals surface area (Å²) in [5, 5.41) is 8.95. The minimum Gasteiger partial charge on any atom is -0.468 e. The Bertz CT molecular complexity index is 2020. The lowest BCUT2D eigenvalue weighted by Gasteiger charge is -2.40. The summed E-state index contributed by atoms with van der Waals surface area (Å²) >= 11 is 0. The minimum absolute atomic E-state index is 0.0721. The Balaban J connectivity index is 0.000000248. The van der Waals surface area contributed by atoms with Crippen molar-refractivity contribution in [3.8, 4) is 0 Å². The van der Waals surface area contributed by atoms with Crippen molar-refractivity contribution >= 4 is 23.8 Å². The number of methoxy groups -OCH3 is 2. The van der Waals surface area contributed by atoms with Crippen molar-refractivity contribution in [3.05, 3.63) is 119 Å². The molecule has 0 saturated carbocycles. The summed E-state index contributed by atoms with van der Waals surface area (Å²) in [6.07, 6.45) is 1.83. The summed E-state index contributed by atoms with van der Waals surface area (Å²) in [5.74, 6) is 0.463. The molecule has 2 atom stereocenters. The summed E-state index contributed by atoms with van der Waals surface area (Å²) in [7, 11) is 2.82. The van der Waals surface area contributed by atoms with Crippen molar-refractivity contribution in [1.29, 1.82) is 0 Å². The lowest BCUT2D eigenvalue weighted by molar-refractivity contribution is -0.150. The smallest absolute Gasteiger partial charge is 0.410 e. The molecule has 0 radical (unpaired) electrons. The number of nitrogens with zero attached hydrogens (tertiary/aromatic N) is 4. The number of ketones is 1. The topological polar surface area (TPSA) is 165 Å². The molecule has 4 aromatic rings. The van der Waals surface area contributed by atoms with E-state index >= 15 is 0 Å². The van der Waals surface area contributed by atoms with Crippen LogP contribution >= 0.6 is 0 Å². The number of hydrogen-bond donors (Lipinski definition) is 1. The fourth-order valence-corrected chi connectivity index (χ4v) is 7.74. The third kappa shape index (κ3) is 10.8. The van der Waals surface area contributed by atoms with Crippen LogP contribution in [0.2, 0.25) is 0 Å². The first kappa shape index (κ1) is 44.7. The molecular formula is C46H59N5O8. The van der Waals surface area contributed by atoms with Gasteiger partial charge in [-0.25, -0.2) is 4.79 Å². The molecule has 2 aliphatic heterocycles. The first-order chi connectivity index (χ1) is 28.0. The number of esters is 2. The number of likely N-dealkylation sites (tertiary alicyclic amines) is 1. The molecule has 2 aliphatic rings. The third-order valence-electron chi connectivity index (χ3n) is 11.1. The highest BCUT2D eigenvalue weighted by molar-refractivity contribution is 5.88. The maximum atomic E-state index is 13.0. The number of carbonyl (C=O) groups is 4. The fourth-order valence-electron chi connectivity index (χ4n) is 7.74. The van der Waals surface area contributed by atoms with Crippen LogP contribution in [0.3, 0.4) is 0 Å². The van der Waals surface area contributed by atoms with Gasteiger partial charge in [-0.05, 0) is 70.6 Å². The van der Waals surface area contributed by atoms with E-state index in [4.69, 9.17) is 24.7 Å². The highest BCUT2D eigenvalue weighted by atomic mass is 16.6. The van der Waals surface area contributed by atoms with Crippen molar-refractivity contribution in [3.63, 3.8) is 0 Å². The number of carbonyl (C=O) groups excluding carboxylic acids is 4. The number of benzene rings is 3. The number of ether oxygens (including phenoxy) is 4. The Morgan fingerprint density at radius 2 is 1.24 bits per heavy atom. The van der Waals surface area contributed by atoms with Gasteiger partial charge in [0.15, 0.2) is 5.78 Å². The van der Waals surface area contributed by atoms with Gasteiger partial charge in [-0.2, -0.15) is 0 Å². The molecule has 0 aliphatic carbocycles. The summed E-state index contributed by atoms with van der Waals surface area (Å²) in [6.45, 7) is 11.2. The monoisotopic (exact) mass is 809 g/mol. The number of piperidine rings is 1. The Labute approximate surface area is 347 Å². The van der Waals surface area contributed by atoms with E-state index in [-0.39, 0.29) is 36.2 Å². The van der Waals surface area contributed by atoms with Crippen LogP contribution in [0.15, 0.2) is 91.0 Å². The number of Topliss-reactive ketones (excluding diaryl/α,β-unsaturated/α-hetero) is 1. The van der Waals surface area contributed by atoms with Crippen LogP contribution in [0.4, 0.5) is 4.79 Å². The van der Waals surface area contributed by atoms with E-state index in [1.165, 1.54) is 14.2 Å². The number of amides is 1. The predicted molar refractivity (Wildman–Crippen MR) is 222 cm³/mol. The number of rotatable bonds is 12. The number of hydrogen-bond acceptors (Lipinski definition) is 11. The van der Waals surface area contributed by atoms with Crippen molar-refractivity contribution < 1.29 is 38.1 Å². The molecule has 3 aromatic carbocycles. The summed E-state index contributed by atoms with van der Waals surface area (Å²) < 4.78 is 23.7. The lowest BCUT2D eigenvalue weighted by Crippen LogP contribution is -2.50. The van der Waals surface area contributed by atoms with Gasteiger partial charge in [-0.3, -0.25) is 14.4 Å². The Morgan fingerprint density at radius 1 is 0.729 bits per heavy atom. The molecule has 1 saturated heterocycles. The summed E-state index contributed by atoms with van der Waals surface area (Å²) in [4.78, 5) is 52.2. The molecule has 1 amide bonds. The van der Waals surface area contributed by atoms with Gasteiger partial charge in [-0.1, -0.05) is 91.0 Å². The van der Waals surface area contributed by atoms with Gasteiger partial charge < -0.3 is 34.1 Å². The molecule has 1 fully saturated rings. The zero-order valence-corrected chi connectivity index (χ0v) is 35.4. The van der Waals surface area contributed by atoms with Gasteiger partial charge in [-0.15, -0.1) is 10.2 Å². The van der Waals surface area contributed by atoms with Crippen molar-refractivity contribution in [1.82, 2.24) is 19.7 Å². The van der Waals surface area contributed by atoms with E-state index in [2.05, 4.69) is 10.2 Å². The maximum Gasteiger partial charge on any atom is 0.410 e. The van der Waals surface area contributed by atoms with E-state index in [0.717, 1.165) is 16.7 Å². The zero-order valence-electron chi connectivity index (χ0n) is 35.4. The Morgan fingerprint density at radius 3 is 1.76 bits per heavy atom. The zero-order chi connectivity index (χ0) is 42.8. The first-order valence-corrected chi connectivity index (χ1v) is 20.1. The Hall–Kier alpha value is -5.40. The minimum atomic E-state index is -0.963. The molecule has 316 valence electrons. The average Bonchev–Trinajstić information content (AvgIpc) is 3.66. The normalized spacial score (nSPS) is 18.0. The van der Waals surface area contributed by atoms with E-state index in [1.807, 2.05) is 116 Å². The third-order valence-corrected chi connectivity index (χ3v) is 11.1. The van der Waals surface area contributed by atoms with E-state index in [9.17, 15) is 19.2 Å². The maximum absolute atomic E-state index is 13.0. The van der Waals surface area contributed by atoms with Gasteiger partial charge in [0.25, 0.3) is 0 Å². The van der Waals surface area contributed by atoms with Crippen molar-refractivity contribution in [2.24, 2.45) is 5.73 Å². The molecule has 1 unspecified atom stereocenters. The van der Waals surface area contributed by atoms with Crippen LogP contribution in [-0.4, -0.2) is 88.5 Å². The molecule has 13 heteroatoms. The van der Waals surface area contributed by atoms with E-state index < -0.39 is 22.0 Å². The molecule has 0 bridgehead atoms. The van der Waals surface area contributed by atoms with Gasteiger partial charge in [0.05, 0.1) is 38.4 Å². The largest absolute Gasteiger partial charge is 0.468 e. The van der Waals surface area contributed by atoms with Crippen LogP contribution in [0, 0.1) is 0 Å². The van der Waals surface area contributed by atoms with Gasteiger partial charge in [0, 0.05) is 38.4 Å². The molecular weight excluding hydrogens is 751 g/mol. The molecule has 1 aromatic heterocycles. The highest BCUT2D eigenvalue weighted by Gasteiger charge is 2.47. The van der Waals surface area contributed by atoms with E-state index in [1.54, 1.807) is 18.7 Å². The standard InChI is InChI=1S/C28H34N4O4.C18H25NO4/c1-27(2,29)23(33)16-21(19-36-18-20-10-6-4-7-11-20)25-31-30-24-17-28(26(34)35-3,14-15-32(24)25)22-12-8-5-9-13-22;1-17(2,3)23-16(21)19-12-10-18(11-13-19,15(20)22-4)14-8-6-5-7-9-14/h4-13,21H,14-19,29H2,1-3H3;5-9H,10-13H2,1-4H3/t21-,28?;/m1./s1. The molecule has 6 rings (SSSR count). The summed E-state index contributed by atoms with van der Waals surface area (Å²) in [5.41, 5.74) is 6.00. The number of nitrogens with two attached hydrogens (primary N) is 1. The quantitative estimate of drug-likeness (QED) is 0.123. The number of aromatic nitrogens is 3. The Kier molecular flexibility index (Phi) is 14.5. The van der Waals surface area contributed by atoms with Crippen LogP contribution < -0.4 is 5.73 Å². The number of fused-ring (bicyclic) bond motifs is 1. The predicted octanol–water partition coefficient (Wildman–Crippen LogP) is 6.46. The van der Waals surface area contributed by atoms with Gasteiger partial charge in [0.1, 0.15) is 22.7 Å². The van der Waals surface area contributed by atoms with Gasteiger partial charge in [0.2, 0.25) is 0 Å². The molecule has 13 nitrogen and oxygen atoms in total. The van der Waals surface area contributed by atoms with E-state index in [0.29, 0.717) is 70.2 Å².